The molecule has 2 N–H and O–H groups in total. The van der Waals surface area contributed by atoms with Crippen molar-refractivity contribution < 1.29 is 4.74 Å². The summed E-state index contributed by atoms with van der Waals surface area (Å²) in [5.74, 6) is 3.00. The van der Waals surface area contributed by atoms with Crippen LogP contribution >= 0.6 is 24.0 Å². The minimum atomic E-state index is 0. The Morgan fingerprint density at radius 3 is 2.69 bits per heavy atom. The molecule has 1 saturated carbocycles. The topological polar surface area (TPSA) is 76.4 Å². The van der Waals surface area contributed by atoms with Gasteiger partial charge in [0.25, 0.3) is 0 Å². The van der Waals surface area contributed by atoms with E-state index in [1.807, 2.05) is 0 Å². The van der Waals surface area contributed by atoms with Crippen molar-refractivity contribution in [1.29, 1.82) is 0 Å². The van der Waals surface area contributed by atoms with Gasteiger partial charge in [0.2, 0.25) is 0 Å². The Morgan fingerprint density at radius 2 is 1.93 bits per heavy atom. The van der Waals surface area contributed by atoms with E-state index in [4.69, 9.17) is 9.73 Å². The van der Waals surface area contributed by atoms with Crippen molar-refractivity contribution in [3.05, 3.63) is 11.6 Å². The molecule has 7 nitrogen and oxygen atoms in total. The van der Waals surface area contributed by atoms with E-state index in [1.54, 1.807) is 0 Å². The van der Waals surface area contributed by atoms with Gasteiger partial charge < -0.3 is 19.9 Å². The lowest BCUT2D eigenvalue weighted by Gasteiger charge is -2.30. The Labute approximate surface area is 192 Å². The van der Waals surface area contributed by atoms with Gasteiger partial charge in [0.05, 0.1) is 0 Å². The minimum Gasteiger partial charge on any atom is -0.382 e. The molecule has 0 amide bonds. The van der Waals surface area contributed by atoms with Crippen molar-refractivity contribution in [3.8, 4) is 0 Å². The maximum Gasteiger partial charge on any atom is 0.191 e. The fraction of sp³-hybridized carbons (Fsp3) is 0.857. The second-order valence-corrected chi connectivity index (χ2v) is 8.20. The van der Waals surface area contributed by atoms with Crippen LogP contribution in [0.2, 0.25) is 0 Å². The van der Waals surface area contributed by atoms with Crippen molar-refractivity contribution in [2.45, 2.75) is 84.7 Å². The molecule has 0 aromatic carbocycles. The highest BCUT2D eigenvalue weighted by Crippen LogP contribution is 2.40. The number of aryl methyl sites for hydroxylation is 1. The molecule has 8 heteroatoms. The first-order chi connectivity index (χ1) is 13.8. The molecule has 1 fully saturated rings. The lowest BCUT2D eigenvalue weighted by Crippen LogP contribution is -2.43. The zero-order valence-electron chi connectivity index (χ0n) is 18.2. The molecule has 0 bridgehead atoms. The first kappa shape index (κ1) is 24.4. The Bertz CT molecular complexity index is 627. The van der Waals surface area contributed by atoms with Crippen LogP contribution in [-0.2, 0) is 24.2 Å². The predicted molar refractivity (Wildman–Crippen MR) is 128 cm³/mol. The first-order valence-electron chi connectivity index (χ1n) is 11.3. The number of halogens is 1. The second-order valence-electron chi connectivity index (χ2n) is 8.20. The minimum absolute atomic E-state index is 0. The predicted octanol–water partition coefficient (Wildman–Crippen LogP) is 3.66. The molecule has 0 saturated heterocycles. The molecule has 2 aliphatic rings. The summed E-state index contributed by atoms with van der Waals surface area (Å²) in [6.45, 7) is 9.26. The monoisotopic (exact) mass is 518 g/mol. The van der Waals surface area contributed by atoms with E-state index in [1.165, 1.54) is 44.9 Å². The summed E-state index contributed by atoms with van der Waals surface area (Å²) in [4.78, 5) is 4.82. The van der Waals surface area contributed by atoms with E-state index in [9.17, 15) is 0 Å². The summed E-state index contributed by atoms with van der Waals surface area (Å²) >= 11 is 0. The third-order valence-electron chi connectivity index (χ3n) is 6.18. The smallest absolute Gasteiger partial charge is 0.191 e. The molecule has 1 aliphatic heterocycles. The van der Waals surface area contributed by atoms with Gasteiger partial charge in [0.15, 0.2) is 11.8 Å². The van der Waals surface area contributed by atoms with Crippen LogP contribution in [-0.4, -0.2) is 47.0 Å². The number of ether oxygens (including phenoxy) is 1. The zero-order valence-corrected chi connectivity index (χ0v) is 20.5. The Hall–Kier alpha value is -0.900. The molecule has 166 valence electrons. The molecular formula is C21H39IN6O. The highest BCUT2D eigenvalue weighted by atomic mass is 127. The molecule has 29 heavy (non-hydrogen) atoms. The van der Waals surface area contributed by atoms with Gasteiger partial charge in [-0.2, -0.15) is 0 Å². The standard InChI is InChI=1S/C21H38N6O.HI/c1-3-22-20(24-17-21(11-7-8-12-21)13-15-28-4-2)23-16-19-26-25-18-10-6-5-9-14-27(18)19;/h3-17H2,1-2H3,(H2,22,23,24);1H. The third kappa shape index (κ3) is 7.08. The molecule has 3 rings (SSSR count). The van der Waals surface area contributed by atoms with E-state index in [-0.39, 0.29) is 24.0 Å². The van der Waals surface area contributed by atoms with Gasteiger partial charge in [-0.05, 0) is 51.4 Å². The van der Waals surface area contributed by atoms with E-state index >= 15 is 0 Å². The van der Waals surface area contributed by atoms with Crippen LogP contribution in [0.25, 0.3) is 0 Å². The summed E-state index contributed by atoms with van der Waals surface area (Å²) in [6.07, 6.45) is 11.1. The number of rotatable bonds is 9. The highest BCUT2D eigenvalue weighted by molar-refractivity contribution is 14.0. The lowest BCUT2D eigenvalue weighted by atomic mass is 9.83. The summed E-state index contributed by atoms with van der Waals surface area (Å²) in [5.41, 5.74) is 0.345. The summed E-state index contributed by atoms with van der Waals surface area (Å²) < 4.78 is 7.92. The average molecular weight is 518 g/mol. The fourth-order valence-electron chi connectivity index (χ4n) is 4.50. The molecule has 1 aliphatic carbocycles. The van der Waals surface area contributed by atoms with Crippen molar-refractivity contribution >= 4 is 29.9 Å². The quantitative estimate of drug-likeness (QED) is 0.226. The van der Waals surface area contributed by atoms with Gasteiger partial charge >= 0.3 is 0 Å². The maximum absolute atomic E-state index is 5.64. The molecule has 0 radical (unpaired) electrons. The van der Waals surface area contributed by atoms with Gasteiger partial charge in [0, 0.05) is 39.3 Å². The van der Waals surface area contributed by atoms with E-state index in [0.717, 1.165) is 63.3 Å². The fourth-order valence-corrected chi connectivity index (χ4v) is 4.50. The van der Waals surface area contributed by atoms with Crippen LogP contribution < -0.4 is 10.6 Å². The van der Waals surface area contributed by atoms with E-state index in [0.29, 0.717) is 12.0 Å². The number of nitrogens with one attached hydrogen (secondary N) is 2. The molecular weight excluding hydrogens is 479 g/mol. The number of aromatic nitrogens is 3. The van der Waals surface area contributed by atoms with Gasteiger partial charge in [-0.3, -0.25) is 0 Å². The van der Waals surface area contributed by atoms with Gasteiger partial charge in [0.1, 0.15) is 12.4 Å². The van der Waals surface area contributed by atoms with Crippen molar-refractivity contribution in [1.82, 2.24) is 25.4 Å². The molecule has 0 spiro atoms. The largest absolute Gasteiger partial charge is 0.382 e. The summed E-state index contributed by atoms with van der Waals surface area (Å²) in [7, 11) is 0. The van der Waals surface area contributed by atoms with E-state index in [2.05, 4.69) is 39.2 Å². The summed E-state index contributed by atoms with van der Waals surface area (Å²) in [5, 5.41) is 15.8. The molecule has 1 aromatic heterocycles. The van der Waals surface area contributed by atoms with Crippen LogP contribution in [0.5, 0.6) is 0 Å². The van der Waals surface area contributed by atoms with Gasteiger partial charge in [-0.25, -0.2) is 4.99 Å². The van der Waals surface area contributed by atoms with Crippen LogP contribution in [0.15, 0.2) is 4.99 Å². The number of hydrogen-bond donors (Lipinski definition) is 2. The number of guanidine groups is 1. The molecule has 0 unspecified atom stereocenters. The van der Waals surface area contributed by atoms with Crippen LogP contribution in [0.3, 0.4) is 0 Å². The Balaban J connectivity index is 0.00000300. The number of aliphatic imine (C=N–C) groups is 1. The SMILES string of the molecule is CCNC(=NCc1nnc2n1CCCCC2)NCC1(CCOCC)CCCC1.I. The maximum atomic E-state index is 5.64. The Morgan fingerprint density at radius 1 is 1.10 bits per heavy atom. The second kappa shape index (κ2) is 12.7. The molecule has 1 aromatic rings. The zero-order chi connectivity index (χ0) is 19.7. The van der Waals surface area contributed by atoms with Crippen molar-refractivity contribution in [2.75, 3.05) is 26.3 Å². The molecule has 0 atom stereocenters. The van der Waals surface area contributed by atoms with Crippen molar-refractivity contribution in [2.24, 2.45) is 10.4 Å². The third-order valence-corrected chi connectivity index (χ3v) is 6.18. The Kier molecular flexibility index (Phi) is 10.7. The van der Waals surface area contributed by atoms with Gasteiger partial charge in [-0.15, -0.1) is 34.2 Å². The van der Waals surface area contributed by atoms with Crippen molar-refractivity contribution in [3.63, 3.8) is 0 Å². The van der Waals surface area contributed by atoms with Crippen LogP contribution in [0.1, 0.15) is 76.9 Å². The van der Waals surface area contributed by atoms with Gasteiger partial charge in [-0.1, -0.05) is 19.3 Å². The van der Waals surface area contributed by atoms with Crippen LogP contribution in [0.4, 0.5) is 0 Å². The normalized spacial score (nSPS) is 18.6. The average Bonchev–Trinajstić information content (AvgIpc) is 3.25. The highest BCUT2D eigenvalue weighted by Gasteiger charge is 2.33. The molecule has 2 heterocycles. The first-order valence-corrected chi connectivity index (χ1v) is 11.3. The lowest BCUT2D eigenvalue weighted by molar-refractivity contribution is 0.105. The number of nitrogens with zero attached hydrogens (tertiary/aromatic N) is 4. The van der Waals surface area contributed by atoms with E-state index < -0.39 is 0 Å². The van der Waals surface area contributed by atoms with Crippen LogP contribution in [0, 0.1) is 5.41 Å². The summed E-state index contributed by atoms with van der Waals surface area (Å²) in [6, 6.07) is 0. The number of hydrogen-bond acceptors (Lipinski definition) is 4. The number of fused-ring (bicyclic) bond motifs is 1.